The van der Waals surface area contributed by atoms with E-state index in [2.05, 4.69) is 0 Å². The van der Waals surface area contributed by atoms with Crippen LogP contribution in [0, 0.1) is 10.1 Å². The molecule has 1 unspecified atom stereocenters. The number of nitro groups is 1. The normalized spacial score (nSPS) is 11.7. The highest BCUT2D eigenvalue weighted by atomic mass is 16.6. The van der Waals surface area contributed by atoms with E-state index in [0.29, 0.717) is 11.3 Å². The molecular formula is C13H17NO5. The first-order valence-electron chi connectivity index (χ1n) is 5.98. The zero-order valence-corrected chi connectivity index (χ0v) is 11.0. The molecule has 0 fully saturated rings. The number of methoxy groups -OCH3 is 1. The zero-order chi connectivity index (χ0) is 14.3. The van der Waals surface area contributed by atoms with Crippen molar-refractivity contribution in [1.82, 2.24) is 0 Å². The van der Waals surface area contributed by atoms with Gasteiger partial charge >= 0.3 is 5.97 Å². The van der Waals surface area contributed by atoms with E-state index < -0.39 is 16.8 Å². The SMILES string of the molecule is CCOC(=O)CC(C[N+](=O)[O-])c1cccc(OC)c1. The number of carbonyl (C=O) groups excluding carboxylic acids is 1. The molecule has 0 saturated heterocycles. The van der Waals surface area contributed by atoms with Crippen molar-refractivity contribution in [2.45, 2.75) is 19.3 Å². The third kappa shape index (κ3) is 4.95. The van der Waals surface area contributed by atoms with Crippen LogP contribution in [0.25, 0.3) is 0 Å². The highest BCUT2D eigenvalue weighted by Gasteiger charge is 2.22. The van der Waals surface area contributed by atoms with Crippen molar-refractivity contribution >= 4 is 5.97 Å². The molecule has 19 heavy (non-hydrogen) atoms. The van der Waals surface area contributed by atoms with Gasteiger partial charge in [0.05, 0.1) is 26.1 Å². The molecule has 0 aliphatic heterocycles. The highest BCUT2D eigenvalue weighted by Crippen LogP contribution is 2.24. The van der Waals surface area contributed by atoms with Crippen LogP contribution < -0.4 is 4.74 Å². The average Bonchev–Trinajstić information content (AvgIpc) is 2.38. The second-order valence-electron chi connectivity index (χ2n) is 4.00. The average molecular weight is 267 g/mol. The summed E-state index contributed by atoms with van der Waals surface area (Å²) in [6, 6.07) is 6.94. The summed E-state index contributed by atoms with van der Waals surface area (Å²) in [5.41, 5.74) is 0.698. The summed E-state index contributed by atoms with van der Waals surface area (Å²) in [5.74, 6) is -0.337. The summed E-state index contributed by atoms with van der Waals surface area (Å²) >= 11 is 0. The molecular weight excluding hydrogens is 250 g/mol. The van der Waals surface area contributed by atoms with Gasteiger partial charge < -0.3 is 9.47 Å². The Hall–Kier alpha value is -2.11. The first-order valence-corrected chi connectivity index (χ1v) is 5.98. The summed E-state index contributed by atoms with van der Waals surface area (Å²) in [4.78, 5) is 21.8. The maximum atomic E-state index is 11.5. The molecule has 104 valence electrons. The van der Waals surface area contributed by atoms with Crippen LogP contribution in [0.2, 0.25) is 0 Å². The lowest BCUT2D eigenvalue weighted by atomic mass is 9.95. The molecule has 1 rings (SSSR count). The predicted octanol–water partition coefficient (Wildman–Crippen LogP) is 2.01. The first-order chi connectivity index (χ1) is 9.06. The minimum Gasteiger partial charge on any atom is -0.497 e. The van der Waals surface area contributed by atoms with Gasteiger partial charge in [0.25, 0.3) is 0 Å². The molecule has 0 heterocycles. The Balaban J connectivity index is 2.88. The fourth-order valence-electron chi connectivity index (χ4n) is 1.78. The molecule has 0 N–H and O–H groups in total. The van der Waals surface area contributed by atoms with Crippen LogP contribution in [0.4, 0.5) is 0 Å². The second kappa shape index (κ2) is 7.35. The van der Waals surface area contributed by atoms with Gasteiger partial charge in [-0.1, -0.05) is 12.1 Å². The molecule has 0 amide bonds. The zero-order valence-electron chi connectivity index (χ0n) is 11.0. The van der Waals surface area contributed by atoms with Gasteiger partial charge in [0.2, 0.25) is 6.54 Å². The standard InChI is InChI=1S/C13H17NO5/c1-3-19-13(15)8-11(9-14(16)17)10-5-4-6-12(7-10)18-2/h4-7,11H,3,8-9H2,1-2H3. The molecule has 0 aliphatic rings. The number of hydrogen-bond donors (Lipinski definition) is 0. The summed E-state index contributed by atoms with van der Waals surface area (Å²) in [6.45, 7) is 1.65. The van der Waals surface area contributed by atoms with Crippen LogP contribution in [0.5, 0.6) is 5.75 Å². The van der Waals surface area contributed by atoms with E-state index in [4.69, 9.17) is 9.47 Å². The van der Waals surface area contributed by atoms with Crippen molar-refractivity contribution in [1.29, 1.82) is 0 Å². The van der Waals surface area contributed by atoms with Gasteiger partial charge in [0.15, 0.2) is 0 Å². The van der Waals surface area contributed by atoms with Crippen LogP contribution in [0.1, 0.15) is 24.8 Å². The van der Waals surface area contributed by atoms with E-state index in [1.54, 1.807) is 31.2 Å². The maximum absolute atomic E-state index is 11.5. The van der Waals surface area contributed by atoms with Crippen LogP contribution in [0.3, 0.4) is 0 Å². The van der Waals surface area contributed by atoms with E-state index in [-0.39, 0.29) is 19.6 Å². The highest BCUT2D eigenvalue weighted by molar-refractivity contribution is 5.70. The Morgan fingerprint density at radius 2 is 2.21 bits per heavy atom. The Bertz CT molecular complexity index is 446. The van der Waals surface area contributed by atoms with E-state index in [0.717, 1.165) is 0 Å². The number of benzene rings is 1. The minimum absolute atomic E-state index is 0.0119. The molecule has 0 bridgehead atoms. The number of nitrogens with zero attached hydrogens (tertiary/aromatic N) is 1. The van der Waals surface area contributed by atoms with Gasteiger partial charge in [-0.3, -0.25) is 14.9 Å². The summed E-state index contributed by atoms with van der Waals surface area (Å²) in [7, 11) is 1.52. The predicted molar refractivity (Wildman–Crippen MR) is 68.8 cm³/mol. The Morgan fingerprint density at radius 3 is 2.79 bits per heavy atom. The van der Waals surface area contributed by atoms with Gasteiger partial charge in [-0.25, -0.2) is 0 Å². The molecule has 0 aromatic heterocycles. The topological polar surface area (TPSA) is 78.7 Å². The van der Waals surface area contributed by atoms with Crippen molar-refractivity contribution in [2.24, 2.45) is 0 Å². The minimum atomic E-state index is -0.510. The largest absolute Gasteiger partial charge is 0.497 e. The number of carbonyl (C=O) groups is 1. The van der Waals surface area contributed by atoms with Crippen molar-refractivity contribution < 1.29 is 19.2 Å². The van der Waals surface area contributed by atoms with Gasteiger partial charge in [0.1, 0.15) is 5.75 Å². The Kier molecular flexibility index (Phi) is 5.78. The lowest BCUT2D eigenvalue weighted by Crippen LogP contribution is -2.18. The third-order valence-electron chi connectivity index (χ3n) is 2.65. The molecule has 6 nitrogen and oxygen atoms in total. The molecule has 1 aromatic rings. The quantitative estimate of drug-likeness (QED) is 0.429. The van der Waals surface area contributed by atoms with Crippen molar-refractivity contribution in [3.8, 4) is 5.75 Å². The number of rotatable bonds is 7. The lowest BCUT2D eigenvalue weighted by molar-refractivity contribution is -0.483. The fourth-order valence-corrected chi connectivity index (χ4v) is 1.78. The van der Waals surface area contributed by atoms with Crippen LogP contribution in [-0.4, -0.2) is 31.2 Å². The van der Waals surface area contributed by atoms with Gasteiger partial charge in [-0.2, -0.15) is 0 Å². The van der Waals surface area contributed by atoms with Crippen LogP contribution in [0.15, 0.2) is 24.3 Å². The second-order valence-corrected chi connectivity index (χ2v) is 4.00. The smallest absolute Gasteiger partial charge is 0.306 e. The number of ether oxygens (including phenoxy) is 2. The van der Waals surface area contributed by atoms with Crippen molar-refractivity contribution in [3.63, 3.8) is 0 Å². The van der Waals surface area contributed by atoms with Crippen molar-refractivity contribution in [2.75, 3.05) is 20.3 Å². The first kappa shape index (κ1) is 14.9. The Morgan fingerprint density at radius 1 is 1.47 bits per heavy atom. The summed E-state index contributed by atoms with van der Waals surface area (Å²) < 4.78 is 9.92. The lowest BCUT2D eigenvalue weighted by Gasteiger charge is -2.13. The van der Waals surface area contributed by atoms with E-state index in [1.807, 2.05) is 0 Å². The van der Waals surface area contributed by atoms with Gasteiger partial charge in [0, 0.05) is 4.92 Å². The van der Waals surface area contributed by atoms with Gasteiger partial charge in [-0.15, -0.1) is 0 Å². The number of esters is 1. The van der Waals surface area contributed by atoms with E-state index in [1.165, 1.54) is 7.11 Å². The molecule has 0 spiro atoms. The summed E-state index contributed by atoms with van der Waals surface area (Å²) in [6.07, 6.45) is -0.0119. The van der Waals surface area contributed by atoms with E-state index >= 15 is 0 Å². The molecule has 1 aromatic carbocycles. The number of hydrogen-bond acceptors (Lipinski definition) is 5. The van der Waals surface area contributed by atoms with Crippen molar-refractivity contribution in [3.05, 3.63) is 39.9 Å². The maximum Gasteiger partial charge on any atom is 0.306 e. The summed E-state index contributed by atoms with van der Waals surface area (Å²) in [5, 5.41) is 10.7. The molecule has 1 atom stereocenters. The van der Waals surface area contributed by atoms with Crippen LogP contribution >= 0.6 is 0 Å². The third-order valence-corrected chi connectivity index (χ3v) is 2.65. The van der Waals surface area contributed by atoms with Crippen LogP contribution in [-0.2, 0) is 9.53 Å². The van der Waals surface area contributed by atoms with Gasteiger partial charge in [-0.05, 0) is 24.6 Å². The monoisotopic (exact) mass is 267 g/mol. The molecule has 0 radical (unpaired) electrons. The molecule has 0 saturated carbocycles. The molecule has 6 heteroatoms. The molecule has 0 aliphatic carbocycles. The Labute approximate surface area is 111 Å². The van der Waals surface area contributed by atoms with E-state index in [9.17, 15) is 14.9 Å². The fraction of sp³-hybridized carbons (Fsp3) is 0.462.